The summed E-state index contributed by atoms with van der Waals surface area (Å²) in [6.45, 7) is 12.1. The summed E-state index contributed by atoms with van der Waals surface area (Å²) in [7, 11) is 2.68. The summed E-state index contributed by atoms with van der Waals surface area (Å²) in [5.41, 5.74) is 1.48. The van der Waals surface area contributed by atoms with Crippen molar-refractivity contribution in [2.75, 3.05) is 0 Å². The van der Waals surface area contributed by atoms with Crippen LogP contribution in [0.5, 0.6) is 0 Å². The van der Waals surface area contributed by atoms with Gasteiger partial charge in [0.2, 0.25) is 0 Å². The van der Waals surface area contributed by atoms with Crippen molar-refractivity contribution >= 4 is 7.28 Å². The van der Waals surface area contributed by atoms with Gasteiger partial charge in [-0.1, -0.05) is 39.3 Å². The van der Waals surface area contributed by atoms with Crippen LogP contribution in [0.2, 0.25) is 5.31 Å². The molecule has 4 rings (SSSR count). The van der Waals surface area contributed by atoms with Gasteiger partial charge in [-0.25, -0.2) is 0 Å². The van der Waals surface area contributed by atoms with E-state index in [1.807, 2.05) is 0 Å². The normalized spacial score (nSPS) is 51.0. The van der Waals surface area contributed by atoms with E-state index >= 15 is 0 Å². The van der Waals surface area contributed by atoms with Crippen molar-refractivity contribution in [2.45, 2.75) is 71.0 Å². The molecule has 4 aliphatic carbocycles. The summed E-state index contributed by atoms with van der Waals surface area (Å²) in [5, 5.41) is 0.396. The Morgan fingerprint density at radius 1 is 1.13 bits per heavy atom. The van der Waals surface area contributed by atoms with E-state index in [0.29, 0.717) is 5.31 Å². The molecule has 23 heavy (non-hydrogen) atoms. The minimum atomic E-state index is 0.396. The van der Waals surface area contributed by atoms with E-state index < -0.39 is 0 Å². The van der Waals surface area contributed by atoms with Crippen LogP contribution < -0.4 is 0 Å². The second-order valence-corrected chi connectivity index (χ2v) is 9.65. The molecule has 0 spiro atoms. The van der Waals surface area contributed by atoms with Crippen LogP contribution in [0.15, 0.2) is 24.2 Å². The van der Waals surface area contributed by atoms with Crippen molar-refractivity contribution in [3.63, 3.8) is 0 Å². The van der Waals surface area contributed by atoms with Crippen LogP contribution in [0.3, 0.4) is 0 Å². The summed E-state index contributed by atoms with van der Waals surface area (Å²) in [6.07, 6.45) is 15.0. The summed E-state index contributed by atoms with van der Waals surface area (Å²) < 4.78 is 0. The van der Waals surface area contributed by atoms with Gasteiger partial charge in [0.15, 0.2) is 7.28 Å². The monoisotopic (exact) mass is 309 g/mol. The van der Waals surface area contributed by atoms with Crippen molar-refractivity contribution in [3.05, 3.63) is 24.2 Å². The summed E-state index contributed by atoms with van der Waals surface area (Å²) in [5.74, 6) is 6.13. The first-order valence-electron chi connectivity index (χ1n) is 10.2. The maximum Gasteiger partial charge on any atom is 0.153 e. The van der Waals surface area contributed by atoms with Gasteiger partial charge in [0.05, 0.1) is 0 Å². The quantitative estimate of drug-likeness (QED) is 0.436. The molecule has 3 saturated carbocycles. The molecule has 125 valence electrons. The van der Waals surface area contributed by atoms with Gasteiger partial charge in [-0.15, -0.1) is 12.1 Å². The largest absolute Gasteiger partial charge is 0.153 e. The summed E-state index contributed by atoms with van der Waals surface area (Å²) in [6, 6.07) is 0. The first kappa shape index (κ1) is 16.0. The Labute approximate surface area is 144 Å². The lowest BCUT2D eigenvalue weighted by Gasteiger charge is -2.54. The van der Waals surface area contributed by atoms with Crippen molar-refractivity contribution in [1.82, 2.24) is 0 Å². The second-order valence-electron chi connectivity index (χ2n) is 9.65. The third-order valence-corrected chi connectivity index (χ3v) is 8.36. The lowest BCUT2D eigenvalue weighted by atomic mass is 9.34. The highest BCUT2D eigenvalue weighted by Crippen LogP contribution is 2.60. The Bertz CT molecular complexity index is 504. The predicted molar refractivity (Wildman–Crippen MR) is 100 cm³/mol. The van der Waals surface area contributed by atoms with Crippen LogP contribution in [0.4, 0.5) is 0 Å². The number of fused-ring (bicyclic) bond motifs is 4. The van der Waals surface area contributed by atoms with Crippen LogP contribution in [0.25, 0.3) is 0 Å². The number of hydrogen-bond donors (Lipinski definition) is 0. The zero-order chi connectivity index (χ0) is 16.2. The standard InChI is InChI=1S/C22H34B/c1-5-16-9-18-8-14(2)22(4,20(11-16)12-18)23-15(3)21-13-17-6-7-19(21)10-17/h6-7,14,16-21H,3,5,8-13H2,1-2,4H3. The van der Waals surface area contributed by atoms with Crippen LogP contribution >= 0.6 is 0 Å². The van der Waals surface area contributed by atoms with Gasteiger partial charge in [-0.3, -0.25) is 0 Å². The first-order valence-corrected chi connectivity index (χ1v) is 10.2. The molecule has 4 bridgehead atoms. The Kier molecular flexibility index (Phi) is 4.05. The van der Waals surface area contributed by atoms with Crippen LogP contribution in [0.1, 0.15) is 65.7 Å². The van der Waals surface area contributed by atoms with Crippen molar-refractivity contribution < 1.29 is 0 Å². The molecule has 8 unspecified atom stereocenters. The molecule has 0 nitrogen and oxygen atoms in total. The van der Waals surface area contributed by atoms with Crippen LogP contribution in [-0.4, -0.2) is 7.28 Å². The molecule has 4 aliphatic rings. The minimum absolute atomic E-state index is 0.396. The molecule has 0 saturated heterocycles. The maximum absolute atomic E-state index is 4.58. The Morgan fingerprint density at radius 3 is 2.61 bits per heavy atom. The van der Waals surface area contributed by atoms with E-state index in [0.717, 1.165) is 41.4 Å². The topological polar surface area (TPSA) is 0 Å². The van der Waals surface area contributed by atoms with E-state index in [9.17, 15) is 0 Å². The molecule has 0 heterocycles. The highest BCUT2D eigenvalue weighted by molar-refractivity contribution is 6.49. The predicted octanol–water partition coefficient (Wildman–Crippen LogP) is 6.08. The van der Waals surface area contributed by atoms with Gasteiger partial charge in [0, 0.05) is 0 Å². The lowest BCUT2D eigenvalue weighted by molar-refractivity contribution is 0.0597. The second kappa shape index (κ2) is 5.82. The van der Waals surface area contributed by atoms with E-state index in [4.69, 9.17) is 0 Å². The van der Waals surface area contributed by atoms with E-state index in [2.05, 4.69) is 46.8 Å². The maximum atomic E-state index is 4.58. The molecule has 3 fully saturated rings. The average Bonchev–Trinajstić information content (AvgIpc) is 3.16. The van der Waals surface area contributed by atoms with Gasteiger partial charge >= 0.3 is 0 Å². The Hall–Kier alpha value is -0.455. The third-order valence-electron chi connectivity index (χ3n) is 8.36. The first-order chi connectivity index (χ1) is 11.0. The smallest absolute Gasteiger partial charge is 0.112 e. The van der Waals surface area contributed by atoms with E-state index in [-0.39, 0.29) is 0 Å². The number of allylic oxidation sites excluding steroid dienone is 3. The van der Waals surface area contributed by atoms with Gasteiger partial charge in [-0.05, 0) is 85.3 Å². The third kappa shape index (κ3) is 2.67. The molecule has 8 atom stereocenters. The molecular weight excluding hydrogens is 275 g/mol. The molecule has 1 heteroatoms. The highest BCUT2D eigenvalue weighted by atomic mass is 14.5. The fourth-order valence-corrected chi connectivity index (χ4v) is 6.73. The van der Waals surface area contributed by atoms with Gasteiger partial charge in [-0.2, -0.15) is 0 Å². The van der Waals surface area contributed by atoms with Crippen molar-refractivity contribution in [1.29, 1.82) is 0 Å². The number of hydrogen-bond acceptors (Lipinski definition) is 0. The molecule has 0 amide bonds. The Morgan fingerprint density at radius 2 is 1.96 bits per heavy atom. The van der Waals surface area contributed by atoms with Gasteiger partial charge < -0.3 is 0 Å². The lowest BCUT2D eigenvalue weighted by Crippen LogP contribution is -2.44. The van der Waals surface area contributed by atoms with Crippen LogP contribution in [0, 0.1) is 41.4 Å². The van der Waals surface area contributed by atoms with Gasteiger partial charge in [0.25, 0.3) is 0 Å². The minimum Gasteiger partial charge on any atom is -0.112 e. The van der Waals surface area contributed by atoms with Crippen LogP contribution in [-0.2, 0) is 0 Å². The molecule has 0 aromatic heterocycles. The number of rotatable bonds is 4. The van der Waals surface area contributed by atoms with Crippen molar-refractivity contribution in [3.8, 4) is 0 Å². The molecule has 0 aliphatic heterocycles. The molecule has 0 aromatic rings. The molecule has 1 radical (unpaired) electrons. The SMILES string of the molecule is C=C([B]C1(C)C(C)CC2CC(CC)CC1C2)C1CC2C=CC1C2. The van der Waals surface area contributed by atoms with Gasteiger partial charge in [0.1, 0.15) is 0 Å². The highest BCUT2D eigenvalue weighted by Gasteiger charge is 2.49. The van der Waals surface area contributed by atoms with Crippen molar-refractivity contribution in [2.24, 2.45) is 41.4 Å². The van der Waals surface area contributed by atoms with E-state index in [1.54, 1.807) is 0 Å². The Balaban J connectivity index is 1.49. The zero-order valence-corrected chi connectivity index (χ0v) is 15.4. The van der Waals surface area contributed by atoms with E-state index in [1.165, 1.54) is 50.4 Å². The molecule has 0 aromatic carbocycles. The fourth-order valence-electron chi connectivity index (χ4n) is 6.73. The summed E-state index contributed by atoms with van der Waals surface area (Å²) >= 11 is 0. The molecular formula is C22H34B. The molecule has 0 N–H and O–H groups in total. The summed E-state index contributed by atoms with van der Waals surface area (Å²) in [4.78, 5) is 0. The zero-order valence-electron chi connectivity index (χ0n) is 15.4. The fraction of sp³-hybridized carbons (Fsp3) is 0.818. The average molecular weight is 309 g/mol.